The van der Waals surface area contributed by atoms with E-state index in [1.54, 1.807) is 0 Å². The van der Waals surface area contributed by atoms with Gasteiger partial charge in [0.2, 0.25) is 0 Å². The Hall–Kier alpha value is -0.240. The molecule has 1 aliphatic heterocycles. The zero-order chi connectivity index (χ0) is 20.7. The van der Waals surface area contributed by atoms with Gasteiger partial charge in [0.15, 0.2) is 6.29 Å². The Balaban J connectivity index is 3.11. The molecule has 0 radical (unpaired) electrons. The number of hydrogen-bond acceptors (Lipinski definition) is 6. The summed E-state index contributed by atoms with van der Waals surface area (Å²) in [6.07, 6.45) is -1.48. The Bertz CT molecular complexity index is 396. The van der Waals surface area contributed by atoms with Crippen LogP contribution in [0.25, 0.3) is 0 Å². The first-order valence-electron chi connectivity index (χ1n) is 10.4. The molecule has 0 bridgehead atoms. The summed E-state index contributed by atoms with van der Waals surface area (Å²) in [5.41, 5.74) is 0. The van der Waals surface area contributed by atoms with Crippen LogP contribution in [0.4, 0.5) is 0 Å². The van der Waals surface area contributed by atoms with Gasteiger partial charge in [0.05, 0.1) is 37.1 Å². The summed E-state index contributed by atoms with van der Waals surface area (Å²) in [6.45, 7) is 20.5. The highest BCUT2D eigenvalue weighted by molar-refractivity contribution is 4.95. The maximum absolute atomic E-state index is 6.32. The van der Waals surface area contributed by atoms with Crippen LogP contribution in [0.2, 0.25) is 0 Å². The lowest BCUT2D eigenvalue weighted by molar-refractivity contribution is -0.215. The lowest BCUT2D eigenvalue weighted by Gasteiger charge is -2.32. The van der Waals surface area contributed by atoms with E-state index in [1.165, 1.54) is 0 Å². The summed E-state index contributed by atoms with van der Waals surface area (Å²) in [5.74, 6) is 0. The van der Waals surface area contributed by atoms with Crippen molar-refractivity contribution in [3.05, 3.63) is 0 Å². The molecule has 0 N–H and O–H groups in total. The fourth-order valence-electron chi connectivity index (χ4n) is 3.10. The van der Waals surface area contributed by atoms with Crippen LogP contribution < -0.4 is 0 Å². The highest BCUT2D eigenvalue weighted by atomic mass is 16.7. The number of ether oxygens (including phenoxy) is 6. The lowest BCUT2D eigenvalue weighted by atomic mass is 10.0. The summed E-state index contributed by atoms with van der Waals surface area (Å²) >= 11 is 0. The van der Waals surface area contributed by atoms with Crippen LogP contribution in [0.5, 0.6) is 0 Å². The van der Waals surface area contributed by atoms with E-state index in [0.717, 1.165) is 0 Å². The quantitative estimate of drug-likeness (QED) is 0.503. The number of hydrogen-bond donors (Lipinski definition) is 0. The molecule has 162 valence electrons. The molecule has 0 aromatic rings. The lowest BCUT2D eigenvalue weighted by Crippen LogP contribution is -2.47. The van der Waals surface area contributed by atoms with Gasteiger partial charge in [-0.05, 0) is 69.2 Å². The molecular formula is C21H42O6. The van der Waals surface area contributed by atoms with E-state index in [1.807, 2.05) is 69.2 Å². The third-order valence-electron chi connectivity index (χ3n) is 3.88. The second kappa shape index (κ2) is 11.7. The minimum absolute atomic E-state index is 0.0168. The van der Waals surface area contributed by atoms with Crippen LogP contribution in [0, 0.1) is 0 Å². The average molecular weight is 391 g/mol. The van der Waals surface area contributed by atoms with Crippen molar-refractivity contribution in [2.45, 2.75) is 130 Å². The van der Waals surface area contributed by atoms with E-state index in [-0.39, 0.29) is 54.9 Å². The van der Waals surface area contributed by atoms with Crippen molar-refractivity contribution in [3.8, 4) is 0 Å². The van der Waals surface area contributed by atoms with Gasteiger partial charge >= 0.3 is 0 Å². The van der Waals surface area contributed by atoms with Gasteiger partial charge < -0.3 is 28.4 Å². The van der Waals surface area contributed by atoms with Crippen molar-refractivity contribution >= 4 is 0 Å². The molecule has 5 atom stereocenters. The Morgan fingerprint density at radius 1 is 0.630 bits per heavy atom. The van der Waals surface area contributed by atoms with Crippen molar-refractivity contribution in [2.75, 3.05) is 6.61 Å². The van der Waals surface area contributed by atoms with Crippen LogP contribution >= 0.6 is 0 Å². The molecule has 0 aliphatic carbocycles. The van der Waals surface area contributed by atoms with E-state index >= 15 is 0 Å². The fourth-order valence-corrected chi connectivity index (χ4v) is 3.10. The van der Waals surface area contributed by atoms with Crippen molar-refractivity contribution in [1.29, 1.82) is 0 Å². The third kappa shape index (κ3) is 8.75. The van der Waals surface area contributed by atoms with Crippen LogP contribution in [0.1, 0.15) is 69.2 Å². The van der Waals surface area contributed by atoms with Gasteiger partial charge in [-0.25, -0.2) is 0 Å². The highest BCUT2D eigenvalue weighted by Crippen LogP contribution is 2.33. The predicted molar refractivity (Wildman–Crippen MR) is 106 cm³/mol. The Labute approximate surface area is 166 Å². The third-order valence-corrected chi connectivity index (χ3v) is 3.88. The van der Waals surface area contributed by atoms with Crippen LogP contribution in [0.3, 0.4) is 0 Å². The molecule has 0 aromatic heterocycles. The maximum Gasteiger partial charge on any atom is 0.187 e. The maximum atomic E-state index is 6.32. The number of rotatable bonds is 12. The van der Waals surface area contributed by atoms with Crippen LogP contribution in [-0.2, 0) is 28.4 Å². The summed E-state index contributed by atoms with van der Waals surface area (Å²) in [4.78, 5) is 0. The minimum atomic E-state index is -0.501. The van der Waals surface area contributed by atoms with E-state index in [4.69, 9.17) is 28.4 Å². The van der Waals surface area contributed by atoms with E-state index < -0.39 is 6.29 Å². The summed E-state index contributed by atoms with van der Waals surface area (Å²) in [7, 11) is 0. The first-order valence-corrected chi connectivity index (χ1v) is 10.4. The molecule has 6 heteroatoms. The van der Waals surface area contributed by atoms with E-state index in [9.17, 15) is 0 Å². The second-order valence-corrected chi connectivity index (χ2v) is 8.56. The largest absolute Gasteiger partial charge is 0.376 e. The first-order chi connectivity index (χ1) is 12.5. The Morgan fingerprint density at radius 2 is 1.15 bits per heavy atom. The van der Waals surface area contributed by atoms with Gasteiger partial charge in [0.25, 0.3) is 0 Å². The zero-order valence-corrected chi connectivity index (χ0v) is 18.9. The van der Waals surface area contributed by atoms with Crippen molar-refractivity contribution in [3.63, 3.8) is 0 Å². The molecular weight excluding hydrogens is 348 g/mol. The smallest absolute Gasteiger partial charge is 0.187 e. The van der Waals surface area contributed by atoms with Gasteiger partial charge in [0, 0.05) is 0 Å². The summed E-state index contributed by atoms with van der Waals surface area (Å²) < 4.78 is 36.8. The topological polar surface area (TPSA) is 55.4 Å². The monoisotopic (exact) mass is 390 g/mol. The molecule has 27 heavy (non-hydrogen) atoms. The molecule has 1 saturated heterocycles. The zero-order valence-electron chi connectivity index (χ0n) is 18.9. The normalized spacial score (nSPS) is 27.7. The van der Waals surface area contributed by atoms with Crippen molar-refractivity contribution < 1.29 is 28.4 Å². The predicted octanol–water partition coefficient (Wildman–Crippen LogP) is 3.94. The SMILES string of the molecule is CC(C)OC[C@@H](OC(C)C)[C@H]1O[C@H](OC(C)C)[C@H](OC(C)C)[C@@H]1OC(C)C. The molecule has 1 rings (SSSR count). The minimum Gasteiger partial charge on any atom is -0.376 e. The second-order valence-electron chi connectivity index (χ2n) is 8.56. The van der Waals surface area contributed by atoms with Gasteiger partial charge in [-0.15, -0.1) is 0 Å². The molecule has 0 amide bonds. The standard InChI is InChI=1S/C21H42O6/c1-12(2)22-11-17(23-13(3)4)18-19(24-14(5)6)20(25-15(7)8)21(27-18)26-16(9)10/h12-21H,11H2,1-10H3/t17-,18-,19-,20-,21+/m1/s1. The fraction of sp³-hybridized carbons (Fsp3) is 1.00. The molecule has 1 fully saturated rings. The van der Waals surface area contributed by atoms with Gasteiger partial charge in [-0.3, -0.25) is 0 Å². The Morgan fingerprint density at radius 3 is 1.59 bits per heavy atom. The molecule has 0 unspecified atom stereocenters. The van der Waals surface area contributed by atoms with E-state index in [2.05, 4.69) is 0 Å². The first kappa shape index (κ1) is 24.8. The van der Waals surface area contributed by atoms with E-state index in [0.29, 0.717) is 6.61 Å². The molecule has 0 spiro atoms. The average Bonchev–Trinajstić information content (AvgIpc) is 2.79. The van der Waals surface area contributed by atoms with Crippen LogP contribution in [0.15, 0.2) is 0 Å². The van der Waals surface area contributed by atoms with Gasteiger partial charge in [0.1, 0.15) is 24.4 Å². The van der Waals surface area contributed by atoms with Crippen molar-refractivity contribution in [2.24, 2.45) is 0 Å². The molecule has 0 saturated carbocycles. The summed E-state index contributed by atoms with van der Waals surface area (Å²) in [5, 5.41) is 0. The summed E-state index contributed by atoms with van der Waals surface area (Å²) in [6, 6.07) is 0. The molecule has 6 nitrogen and oxygen atoms in total. The Kier molecular flexibility index (Phi) is 10.7. The molecule has 0 aromatic carbocycles. The van der Waals surface area contributed by atoms with Crippen molar-refractivity contribution in [1.82, 2.24) is 0 Å². The molecule has 1 aliphatic rings. The van der Waals surface area contributed by atoms with Gasteiger partial charge in [-0.2, -0.15) is 0 Å². The van der Waals surface area contributed by atoms with Crippen LogP contribution in [-0.4, -0.2) is 67.8 Å². The highest BCUT2D eigenvalue weighted by Gasteiger charge is 2.51. The van der Waals surface area contributed by atoms with Gasteiger partial charge in [-0.1, -0.05) is 0 Å². The molecule has 1 heterocycles.